The number of aromatic nitrogens is 2. The lowest BCUT2D eigenvalue weighted by Gasteiger charge is -2.09. The number of imidazole rings is 1. The summed E-state index contributed by atoms with van der Waals surface area (Å²) in [7, 11) is 0. The first-order chi connectivity index (χ1) is 10.1. The summed E-state index contributed by atoms with van der Waals surface area (Å²) in [4.78, 5) is 3.24. The minimum absolute atomic E-state index is 0.617. The lowest BCUT2D eigenvalue weighted by atomic mass is 10.2. The first-order valence-corrected chi connectivity index (χ1v) is 8.43. The van der Waals surface area contributed by atoms with Crippen molar-refractivity contribution in [3.8, 4) is 11.4 Å². The molecule has 0 unspecified atom stereocenters. The average molecular weight is 428 g/mol. The van der Waals surface area contributed by atoms with E-state index in [0.29, 0.717) is 11.4 Å². The highest BCUT2D eigenvalue weighted by Gasteiger charge is 2.12. The van der Waals surface area contributed by atoms with Crippen molar-refractivity contribution in [2.75, 3.05) is 6.61 Å². The number of rotatable bonds is 3. The molecule has 1 heterocycles. The Balaban J connectivity index is 2.33. The second-order valence-electron chi connectivity index (χ2n) is 4.44. The summed E-state index contributed by atoms with van der Waals surface area (Å²) < 4.78 is 10.3. The largest absolute Gasteiger partial charge is 0.492 e. The summed E-state index contributed by atoms with van der Waals surface area (Å²) in [5.41, 5.74) is 2.88. The number of fused-ring (bicyclic) bond motifs is 1. The molecule has 3 rings (SSSR count). The van der Waals surface area contributed by atoms with Crippen LogP contribution in [-0.2, 0) is 0 Å². The van der Waals surface area contributed by atoms with Gasteiger partial charge in [0.2, 0.25) is 0 Å². The van der Waals surface area contributed by atoms with Crippen LogP contribution in [0.4, 0.5) is 0 Å². The predicted molar refractivity (Wildman–Crippen MR) is 95.0 cm³/mol. The van der Waals surface area contributed by atoms with Gasteiger partial charge >= 0.3 is 0 Å². The monoisotopic (exact) mass is 426 g/mol. The molecule has 1 N–H and O–H groups in total. The van der Waals surface area contributed by atoms with Crippen LogP contribution in [0.2, 0.25) is 0 Å². The van der Waals surface area contributed by atoms with Gasteiger partial charge in [0, 0.05) is 8.95 Å². The second-order valence-corrected chi connectivity index (χ2v) is 6.60. The summed E-state index contributed by atoms with van der Waals surface area (Å²) in [6, 6.07) is 11.9. The summed E-state index contributed by atoms with van der Waals surface area (Å²) >= 11 is 12.6. The van der Waals surface area contributed by atoms with Crippen molar-refractivity contribution >= 4 is 55.1 Å². The van der Waals surface area contributed by atoms with Crippen LogP contribution < -0.4 is 4.74 Å². The molecule has 21 heavy (non-hydrogen) atoms. The van der Waals surface area contributed by atoms with E-state index in [4.69, 9.17) is 17.0 Å². The minimum atomic E-state index is 0.617. The number of H-pyrrole nitrogens is 1. The Hall–Kier alpha value is -1.11. The third-order valence-electron chi connectivity index (χ3n) is 3.13. The fourth-order valence-corrected chi connectivity index (χ4v) is 3.35. The first-order valence-electron chi connectivity index (χ1n) is 6.43. The second kappa shape index (κ2) is 5.94. The van der Waals surface area contributed by atoms with Gasteiger partial charge in [-0.3, -0.25) is 4.57 Å². The number of aromatic amines is 1. The first kappa shape index (κ1) is 14.8. The molecule has 0 saturated heterocycles. The highest BCUT2D eigenvalue weighted by Crippen LogP contribution is 2.31. The van der Waals surface area contributed by atoms with Gasteiger partial charge in [-0.1, -0.05) is 22.0 Å². The van der Waals surface area contributed by atoms with Gasteiger partial charge in [-0.05, 0) is 65.4 Å². The Morgan fingerprint density at radius 3 is 2.81 bits per heavy atom. The number of hydrogen-bond acceptors (Lipinski definition) is 2. The topological polar surface area (TPSA) is 29.9 Å². The van der Waals surface area contributed by atoms with Crippen molar-refractivity contribution in [1.82, 2.24) is 9.55 Å². The number of halogens is 2. The molecule has 0 saturated carbocycles. The lowest BCUT2D eigenvalue weighted by Crippen LogP contribution is -1.96. The Morgan fingerprint density at radius 1 is 1.24 bits per heavy atom. The third-order valence-corrected chi connectivity index (χ3v) is 4.58. The number of para-hydroxylation sites is 1. The van der Waals surface area contributed by atoms with Crippen LogP contribution in [-0.4, -0.2) is 16.2 Å². The van der Waals surface area contributed by atoms with Crippen LogP contribution in [0.1, 0.15) is 6.92 Å². The molecular weight excluding hydrogens is 416 g/mol. The fraction of sp³-hybridized carbons (Fsp3) is 0.133. The third kappa shape index (κ3) is 2.67. The number of benzene rings is 2. The highest BCUT2D eigenvalue weighted by atomic mass is 79.9. The van der Waals surface area contributed by atoms with Gasteiger partial charge in [0.05, 0.1) is 17.8 Å². The molecule has 3 nitrogen and oxygen atoms in total. The van der Waals surface area contributed by atoms with E-state index in [1.165, 1.54) is 0 Å². The number of nitrogens with zero attached hydrogens (tertiary/aromatic N) is 1. The molecule has 1 aromatic heterocycles. The quantitative estimate of drug-likeness (QED) is 0.550. The SMILES string of the molecule is CCOc1cccc2c1[nH]c(=S)n2-c1cc(Br)ccc1Br. The molecular formula is C15H12Br2N2OS. The Labute approximate surface area is 144 Å². The molecule has 2 aromatic carbocycles. The van der Waals surface area contributed by atoms with Crippen molar-refractivity contribution < 1.29 is 4.74 Å². The van der Waals surface area contributed by atoms with Gasteiger partial charge in [-0.15, -0.1) is 0 Å². The van der Waals surface area contributed by atoms with Crippen LogP contribution in [0, 0.1) is 4.77 Å². The maximum Gasteiger partial charge on any atom is 0.182 e. The Kier molecular flexibility index (Phi) is 4.19. The van der Waals surface area contributed by atoms with E-state index in [9.17, 15) is 0 Å². The molecule has 0 aliphatic carbocycles. The maximum absolute atomic E-state index is 5.67. The predicted octanol–water partition coefficient (Wildman–Crippen LogP) is 5.61. The van der Waals surface area contributed by atoms with Crippen LogP contribution in [0.15, 0.2) is 45.3 Å². The van der Waals surface area contributed by atoms with Crippen LogP contribution in [0.5, 0.6) is 5.75 Å². The van der Waals surface area contributed by atoms with Crippen LogP contribution in [0.3, 0.4) is 0 Å². The summed E-state index contributed by atoms with van der Waals surface area (Å²) in [5.74, 6) is 0.811. The molecule has 3 aromatic rings. The van der Waals surface area contributed by atoms with E-state index in [2.05, 4.69) is 36.8 Å². The van der Waals surface area contributed by atoms with E-state index in [-0.39, 0.29) is 0 Å². The van der Waals surface area contributed by atoms with Crippen molar-refractivity contribution in [3.63, 3.8) is 0 Å². The Bertz CT molecular complexity index is 870. The number of ether oxygens (including phenoxy) is 1. The van der Waals surface area contributed by atoms with Gasteiger partial charge in [0.25, 0.3) is 0 Å². The van der Waals surface area contributed by atoms with E-state index in [1.54, 1.807) is 0 Å². The molecule has 0 aliphatic rings. The highest BCUT2D eigenvalue weighted by molar-refractivity contribution is 9.11. The molecule has 0 amide bonds. The van der Waals surface area contributed by atoms with E-state index < -0.39 is 0 Å². The molecule has 0 radical (unpaired) electrons. The summed E-state index contributed by atoms with van der Waals surface area (Å²) in [6.45, 7) is 2.58. The molecule has 108 valence electrons. The normalized spacial score (nSPS) is 11.0. The molecule has 0 atom stereocenters. The zero-order valence-electron chi connectivity index (χ0n) is 11.2. The molecule has 6 heteroatoms. The van der Waals surface area contributed by atoms with Crippen molar-refractivity contribution in [3.05, 3.63) is 50.1 Å². The van der Waals surface area contributed by atoms with Gasteiger partial charge in [-0.25, -0.2) is 0 Å². The van der Waals surface area contributed by atoms with E-state index in [1.807, 2.05) is 47.9 Å². The van der Waals surface area contributed by atoms with Gasteiger partial charge in [-0.2, -0.15) is 0 Å². The number of nitrogens with one attached hydrogen (secondary N) is 1. The summed E-state index contributed by atoms with van der Waals surface area (Å²) in [5, 5.41) is 0. The van der Waals surface area contributed by atoms with Crippen molar-refractivity contribution in [1.29, 1.82) is 0 Å². The van der Waals surface area contributed by atoms with Gasteiger partial charge < -0.3 is 9.72 Å². The molecule has 0 fully saturated rings. The minimum Gasteiger partial charge on any atom is -0.492 e. The maximum atomic E-state index is 5.67. The summed E-state index contributed by atoms with van der Waals surface area (Å²) in [6.07, 6.45) is 0. The average Bonchev–Trinajstić information content (AvgIpc) is 2.79. The van der Waals surface area contributed by atoms with Crippen molar-refractivity contribution in [2.24, 2.45) is 0 Å². The lowest BCUT2D eigenvalue weighted by molar-refractivity contribution is 0.343. The smallest absolute Gasteiger partial charge is 0.182 e. The fourth-order valence-electron chi connectivity index (χ4n) is 2.28. The van der Waals surface area contributed by atoms with Gasteiger partial charge in [0.15, 0.2) is 4.77 Å². The van der Waals surface area contributed by atoms with E-state index >= 15 is 0 Å². The number of hydrogen-bond donors (Lipinski definition) is 1. The van der Waals surface area contributed by atoms with Crippen LogP contribution >= 0.6 is 44.1 Å². The standard InChI is InChI=1S/C15H12Br2N2OS/c1-2-20-13-5-3-4-11-14(13)18-15(21)19(11)12-8-9(16)6-7-10(12)17/h3-8H,2H2,1H3,(H,18,21). The zero-order chi connectivity index (χ0) is 15.0. The molecule has 0 aliphatic heterocycles. The van der Waals surface area contributed by atoms with Gasteiger partial charge in [0.1, 0.15) is 11.3 Å². The van der Waals surface area contributed by atoms with Crippen molar-refractivity contribution in [2.45, 2.75) is 6.92 Å². The van der Waals surface area contributed by atoms with Crippen LogP contribution in [0.25, 0.3) is 16.7 Å². The van der Waals surface area contributed by atoms with E-state index in [0.717, 1.165) is 31.4 Å². The Morgan fingerprint density at radius 2 is 2.05 bits per heavy atom. The molecule has 0 spiro atoms. The zero-order valence-corrected chi connectivity index (χ0v) is 15.2. The molecule has 0 bridgehead atoms.